The van der Waals surface area contributed by atoms with Crippen LogP contribution in [0.15, 0.2) is 79.8 Å². The van der Waals surface area contributed by atoms with Gasteiger partial charge in [0.25, 0.3) is 0 Å². The number of hydrogen-bond acceptors (Lipinski definition) is 2. The van der Waals surface area contributed by atoms with Crippen molar-refractivity contribution in [2.75, 3.05) is 0 Å². The minimum absolute atomic E-state index is 0.578. The van der Waals surface area contributed by atoms with Crippen molar-refractivity contribution < 1.29 is 4.74 Å². The van der Waals surface area contributed by atoms with Crippen molar-refractivity contribution in [3.05, 3.63) is 85.3 Å². The fourth-order valence-corrected chi connectivity index (χ4v) is 2.31. The Labute approximate surface area is 130 Å². The first-order valence-corrected chi connectivity index (χ1v) is 7.25. The Balaban J connectivity index is 1.70. The Morgan fingerprint density at radius 3 is 2.55 bits per heavy atom. The second-order valence-electron chi connectivity index (χ2n) is 5.02. The molecular formula is C19H18N2O. The standard InChI is InChI=1S/C19H18N2O/c1-2-12-21-15-20-13-19(21)17-8-10-18(11-9-17)22-14-16-6-4-3-5-7-16/h2-11,13,15H,1,12,14H2. The Bertz CT molecular complexity index is 730. The molecule has 3 rings (SSSR count). The molecule has 3 nitrogen and oxygen atoms in total. The molecule has 2 aromatic carbocycles. The summed E-state index contributed by atoms with van der Waals surface area (Å²) in [5.74, 6) is 0.863. The number of aromatic nitrogens is 2. The maximum Gasteiger partial charge on any atom is 0.119 e. The number of imidazole rings is 1. The van der Waals surface area contributed by atoms with Gasteiger partial charge in [0.2, 0.25) is 0 Å². The average molecular weight is 290 g/mol. The van der Waals surface area contributed by atoms with Crippen molar-refractivity contribution in [3.63, 3.8) is 0 Å². The van der Waals surface area contributed by atoms with E-state index in [2.05, 4.69) is 40.4 Å². The largest absolute Gasteiger partial charge is 0.489 e. The number of rotatable bonds is 6. The van der Waals surface area contributed by atoms with Crippen molar-refractivity contribution in [1.29, 1.82) is 0 Å². The molecule has 0 unspecified atom stereocenters. The SMILES string of the molecule is C=CCn1cncc1-c1ccc(OCc2ccccc2)cc1. The van der Waals surface area contributed by atoms with E-state index in [4.69, 9.17) is 4.74 Å². The number of nitrogens with zero attached hydrogens (tertiary/aromatic N) is 2. The summed E-state index contributed by atoms with van der Waals surface area (Å²) in [4.78, 5) is 4.20. The molecule has 0 saturated heterocycles. The molecule has 0 amide bonds. The van der Waals surface area contributed by atoms with Gasteiger partial charge in [0, 0.05) is 12.1 Å². The molecule has 0 aliphatic heterocycles. The van der Waals surface area contributed by atoms with Gasteiger partial charge in [-0.2, -0.15) is 0 Å². The first-order chi connectivity index (χ1) is 10.9. The Morgan fingerprint density at radius 2 is 1.82 bits per heavy atom. The van der Waals surface area contributed by atoms with Gasteiger partial charge in [-0.25, -0.2) is 4.98 Å². The molecular weight excluding hydrogens is 272 g/mol. The Kier molecular flexibility index (Phi) is 4.35. The summed E-state index contributed by atoms with van der Waals surface area (Å²) < 4.78 is 7.87. The minimum Gasteiger partial charge on any atom is -0.489 e. The van der Waals surface area contributed by atoms with Crippen LogP contribution in [0.4, 0.5) is 0 Å². The highest BCUT2D eigenvalue weighted by Crippen LogP contribution is 2.22. The van der Waals surface area contributed by atoms with Crippen LogP contribution in [0.3, 0.4) is 0 Å². The third-order valence-electron chi connectivity index (χ3n) is 3.44. The lowest BCUT2D eigenvalue weighted by molar-refractivity contribution is 0.306. The van der Waals surface area contributed by atoms with E-state index in [0.29, 0.717) is 6.61 Å². The zero-order chi connectivity index (χ0) is 15.2. The summed E-state index contributed by atoms with van der Waals surface area (Å²) >= 11 is 0. The molecule has 3 aromatic rings. The molecule has 0 saturated carbocycles. The number of hydrogen-bond donors (Lipinski definition) is 0. The van der Waals surface area contributed by atoms with Gasteiger partial charge in [-0.1, -0.05) is 36.4 Å². The van der Waals surface area contributed by atoms with Crippen LogP contribution in [0.1, 0.15) is 5.56 Å². The van der Waals surface area contributed by atoms with E-state index in [-0.39, 0.29) is 0 Å². The lowest BCUT2D eigenvalue weighted by Crippen LogP contribution is -1.97. The highest BCUT2D eigenvalue weighted by molar-refractivity contribution is 5.60. The number of allylic oxidation sites excluding steroid dienone is 1. The molecule has 0 N–H and O–H groups in total. The van der Waals surface area contributed by atoms with Crippen LogP contribution >= 0.6 is 0 Å². The third kappa shape index (κ3) is 3.26. The smallest absolute Gasteiger partial charge is 0.119 e. The molecule has 1 aromatic heterocycles. The molecule has 1 heterocycles. The first-order valence-electron chi connectivity index (χ1n) is 7.25. The van der Waals surface area contributed by atoms with Crippen molar-refractivity contribution in [1.82, 2.24) is 9.55 Å². The van der Waals surface area contributed by atoms with Gasteiger partial charge in [-0.05, 0) is 29.8 Å². The Hall–Kier alpha value is -2.81. The Morgan fingerprint density at radius 1 is 1.05 bits per heavy atom. The summed E-state index contributed by atoms with van der Waals surface area (Å²) in [6.45, 7) is 5.10. The molecule has 0 radical (unpaired) electrons. The van der Waals surface area contributed by atoms with E-state index in [1.165, 1.54) is 0 Å². The van der Waals surface area contributed by atoms with Gasteiger partial charge >= 0.3 is 0 Å². The summed E-state index contributed by atoms with van der Waals surface area (Å²) in [7, 11) is 0. The quantitative estimate of drug-likeness (QED) is 0.632. The second kappa shape index (κ2) is 6.76. The molecule has 3 heteroatoms. The normalized spacial score (nSPS) is 10.4. The van der Waals surface area contributed by atoms with E-state index in [1.807, 2.05) is 48.9 Å². The van der Waals surface area contributed by atoms with Crippen molar-refractivity contribution in [2.24, 2.45) is 0 Å². The zero-order valence-corrected chi connectivity index (χ0v) is 12.4. The molecule has 22 heavy (non-hydrogen) atoms. The molecule has 0 aliphatic rings. The van der Waals surface area contributed by atoms with Crippen LogP contribution in [0.2, 0.25) is 0 Å². The summed E-state index contributed by atoms with van der Waals surface area (Å²) in [6, 6.07) is 18.2. The van der Waals surface area contributed by atoms with Crippen LogP contribution < -0.4 is 4.74 Å². The van der Waals surface area contributed by atoms with Crippen molar-refractivity contribution in [3.8, 4) is 17.0 Å². The van der Waals surface area contributed by atoms with E-state index >= 15 is 0 Å². The topological polar surface area (TPSA) is 27.1 Å². The fourth-order valence-electron chi connectivity index (χ4n) is 2.31. The highest BCUT2D eigenvalue weighted by Gasteiger charge is 2.04. The summed E-state index contributed by atoms with van der Waals surface area (Å²) in [5, 5.41) is 0. The zero-order valence-electron chi connectivity index (χ0n) is 12.4. The maximum atomic E-state index is 5.80. The van der Waals surface area contributed by atoms with Gasteiger partial charge in [0.1, 0.15) is 12.4 Å². The van der Waals surface area contributed by atoms with Crippen LogP contribution in [0.5, 0.6) is 5.75 Å². The number of benzene rings is 2. The lowest BCUT2D eigenvalue weighted by atomic mass is 10.1. The molecule has 0 atom stereocenters. The van der Waals surface area contributed by atoms with Crippen molar-refractivity contribution in [2.45, 2.75) is 13.2 Å². The lowest BCUT2D eigenvalue weighted by Gasteiger charge is -2.08. The summed E-state index contributed by atoms with van der Waals surface area (Å²) in [6.07, 6.45) is 5.54. The molecule has 0 fully saturated rings. The van der Waals surface area contributed by atoms with Crippen molar-refractivity contribution >= 4 is 0 Å². The predicted octanol–water partition coefficient (Wildman–Crippen LogP) is 4.32. The molecule has 0 spiro atoms. The van der Waals surface area contributed by atoms with Gasteiger partial charge < -0.3 is 9.30 Å². The van der Waals surface area contributed by atoms with E-state index < -0.39 is 0 Å². The van der Waals surface area contributed by atoms with E-state index in [9.17, 15) is 0 Å². The highest BCUT2D eigenvalue weighted by atomic mass is 16.5. The third-order valence-corrected chi connectivity index (χ3v) is 3.44. The number of ether oxygens (including phenoxy) is 1. The van der Waals surface area contributed by atoms with Gasteiger partial charge in [0.15, 0.2) is 0 Å². The fraction of sp³-hybridized carbons (Fsp3) is 0.105. The van der Waals surface area contributed by atoms with Gasteiger partial charge in [0.05, 0.1) is 18.2 Å². The van der Waals surface area contributed by atoms with Gasteiger partial charge in [-0.15, -0.1) is 6.58 Å². The second-order valence-corrected chi connectivity index (χ2v) is 5.02. The molecule has 110 valence electrons. The average Bonchev–Trinajstić information content (AvgIpc) is 3.03. The molecule has 0 aliphatic carbocycles. The van der Waals surface area contributed by atoms with Gasteiger partial charge in [-0.3, -0.25) is 0 Å². The maximum absolute atomic E-state index is 5.80. The van der Waals surface area contributed by atoms with Crippen LogP contribution in [-0.4, -0.2) is 9.55 Å². The first kappa shape index (κ1) is 14.1. The van der Waals surface area contributed by atoms with Crippen LogP contribution in [0.25, 0.3) is 11.3 Å². The monoisotopic (exact) mass is 290 g/mol. The molecule has 0 bridgehead atoms. The van der Waals surface area contributed by atoms with E-state index in [0.717, 1.165) is 29.1 Å². The van der Waals surface area contributed by atoms with Crippen LogP contribution in [0, 0.1) is 0 Å². The van der Waals surface area contributed by atoms with Crippen LogP contribution in [-0.2, 0) is 13.2 Å². The minimum atomic E-state index is 0.578. The summed E-state index contributed by atoms with van der Waals surface area (Å²) in [5.41, 5.74) is 3.36. The predicted molar refractivity (Wildman–Crippen MR) is 88.6 cm³/mol. The van der Waals surface area contributed by atoms with E-state index in [1.54, 1.807) is 0 Å².